The van der Waals surface area contributed by atoms with Crippen molar-refractivity contribution in [1.82, 2.24) is 10.3 Å². The number of halogens is 1. The van der Waals surface area contributed by atoms with Gasteiger partial charge in [0, 0.05) is 18.8 Å². The van der Waals surface area contributed by atoms with Crippen molar-refractivity contribution in [2.24, 2.45) is 0 Å². The molecule has 9 heteroatoms. The Morgan fingerprint density at radius 3 is 2.53 bits per heavy atom. The number of aromatic nitrogens is 1. The highest BCUT2D eigenvalue weighted by atomic mass is 32.2. The number of carboxylic acid groups (broad SMARTS) is 1. The average molecular weight is 475 g/mol. The Morgan fingerprint density at radius 1 is 1.19 bits per heavy atom. The van der Waals surface area contributed by atoms with Crippen LogP contribution in [0, 0.1) is 5.82 Å². The van der Waals surface area contributed by atoms with E-state index in [-0.39, 0.29) is 11.7 Å². The number of amides is 1. The third-order valence-corrected chi connectivity index (χ3v) is 6.81. The Morgan fingerprint density at radius 2 is 1.88 bits per heavy atom. The Bertz CT molecular complexity index is 1110. The molecule has 2 aromatic carbocycles. The van der Waals surface area contributed by atoms with Gasteiger partial charge in [0.05, 0.1) is 17.9 Å². The molecule has 3 rings (SSSR count). The van der Waals surface area contributed by atoms with Gasteiger partial charge in [0.2, 0.25) is 0 Å². The summed E-state index contributed by atoms with van der Waals surface area (Å²) in [5.41, 5.74) is 2.74. The summed E-state index contributed by atoms with van der Waals surface area (Å²) in [4.78, 5) is 28.1. The monoisotopic (exact) mass is 474 g/mol. The van der Waals surface area contributed by atoms with Crippen LogP contribution in [0.3, 0.4) is 0 Å². The molecule has 0 bridgehead atoms. The smallest absolute Gasteiger partial charge is 0.319 e. The first-order valence-electron chi connectivity index (χ1n) is 9.81. The van der Waals surface area contributed by atoms with E-state index in [0.717, 1.165) is 16.8 Å². The van der Waals surface area contributed by atoms with Crippen molar-refractivity contribution in [3.05, 3.63) is 64.9 Å². The molecule has 0 saturated carbocycles. The minimum absolute atomic E-state index is 0.285. The fraction of sp³-hybridized carbons (Fsp3) is 0.261. The maximum absolute atomic E-state index is 13.2. The van der Waals surface area contributed by atoms with Crippen LogP contribution in [0.4, 0.5) is 4.39 Å². The SMILES string of the molecule is CNC(=O)c1cc(-c2ccc(F)cc2)ccc1OCCc1csc(SC(C)(C)C(=O)O)n1. The Hall–Kier alpha value is -2.91. The van der Waals surface area contributed by atoms with E-state index in [4.69, 9.17) is 4.74 Å². The highest BCUT2D eigenvalue weighted by Gasteiger charge is 2.29. The molecule has 1 aromatic heterocycles. The second kappa shape index (κ2) is 10.1. The van der Waals surface area contributed by atoms with E-state index in [9.17, 15) is 19.1 Å². The van der Waals surface area contributed by atoms with Crippen molar-refractivity contribution < 1.29 is 23.8 Å². The number of hydrogen-bond acceptors (Lipinski definition) is 6. The third-order valence-electron chi connectivity index (χ3n) is 4.63. The number of rotatable bonds is 9. The summed E-state index contributed by atoms with van der Waals surface area (Å²) in [5.74, 6) is -1.07. The first kappa shape index (κ1) is 23.7. The van der Waals surface area contributed by atoms with Gasteiger partial charge in [0.15, 0.2) is 4.34 Å². The molecule has 0 spiro atoms. The minimum atomic E-state index is -0.958. The van der Waals surface area contributed by atoms with Gasteiger partial charge < -0.3 is 15.2 Å². The molecule has 0 atom stereocenters. The topological polar surface area (TPSA) is 88.5 Å². The third kappa shape index (κ3) is 5.86. The average Bonchev–Trinajstić information content (AvgIpc) is 3.20. The molecular weight excluding hydrogens is 451 g/mol. The molecule has 0 aliphatic rings. The number of carbonyl (C=O) groups excluding carboxylic acids is 1. The van der Waals surface area contributed by atoms with E-state index in [1.165, 1.54) is 35.2 Å². The van der Waals surface area contributed by atoms with Gasteiger partial charge in [-0.05, 0) is 49.2 Å². The van der Waals surface area contributed by atoms with Crippen molar-refractivity contribution in [3.63, 3.8) is 0 Å². The lowest BCUT2D eigenvalue weighted by Crippen LogP contribution is -2.26. The summed E-state index contributed by atoms with van der Waals surface area (Å²) in [6.45, 7) is 3.58. The summed E-state index contributed by atoms with van der Waals surface area (Å²) >= 11 is 2.60. The van der Waals surface area contributed by atoms with E-state index < -0.39 is 10.7 Å². The Kier molecular flexibility index (Phi) is 7.52. The second-order valence-corrected chi connectivity index (χ2v) is 10.1. The number of nitrogens with one attached hydrogen (secondary N) is 1. The number of aliphatic carboxylic acids is 1. The van der Waals surface area contributed by atoms with E-state index in [1.54, 1.807) is 45.2 Å². The quantitative estimate of drug-likeness (QED) is 0.430. The van der Waals surface area contributed by atoms with Crippen LogP contribution in [0.1, 0.15) is 29.9 Å². The van der Waals surface area contributed by atoms with Crippen LogP contribution in [0.15, 0.2) is 52.2 Å². The van der Waals surface area contributed by atoms with Gasteiger partial charge in [0.25, 0.3) is 5.91 Å². The Labute approximate surface area is 193 Å². The predicted molar refractivity (Wildman–Crippen MR) is 124 cm³/mol. The van der Waals surface area contributed by atoms with E-state index in [0.29, 0.717) is 28.7 Å². The lowest BCUT2D eigenvalue weighted by molar-refractivity contribution is -0.138. The summed E-state index contributed by atoms with van der Waals surface area (Å²) in [6.07, 6.45) is 0.511. The van der Waals surface area contributed by atoms with Gasteiger partial charge in [0.1, 0.15) is 16.3 Å². The van der Waals surface area contributed by atoms with Gasteiger partial charge in [-0.2, -0.15) is 0 Å². The number of carbonyl (C=O) groups is 2. The van der Waals surface area contributed by atoms with Gasteiger partial charge in [-0.1, -0.05) is 30.0 Å². The first-order chi connectivity index (χ1) is 15.2. The molecule has 3 aromatic rings. The molecule has 0 aliphatic carbocycles. The van der Waals surface area contributed by atoms with Gasteiger partial charge >= 0.3 is 5.97 Å². The molecule has 0 fully saturated rings. The molecule has 32 heavy (non-hydrogen) atoms. The van der Waals surface area contributed by atoms with Gasteiger partial charge in [-0.3, -0.25) is 9.59 Å². The molecule has 0 radical (unpaired) electrons. The van der Waals surface area contributed by atoms with Crippen molar-refractivity contribution >= 4 is 35.0 Å². The molecule has 1 heterocycles. The summed E-state index contributed by atoms with van der Waals surface area (Å²) in [7, 11) is 1.55. The van der Waals surface area contributed by atoms with Crippen LogP contribution in [0.5, 0.6) is 5.75 Å². The normalized spacial score (nSPS) is 11.2. The Balaban J connectivity index is 1.69. The van der Waals surface area contributed by atoms with E-state index in [2.05, 4.69) is 10.3 Å². The van der Waals surface area contributed by atoms with Gasteiger partial charge in [-0.25, -0.2) is 9.37 Å². The predicted octanol–water partition coefficient (Wildman–Crippen LogP) is 4.89. The minimum Gasteiger partial charge on any atom is -0.492 e. The summed E-state index contributed by atoms with van der Waals surface area (Å²) in [6, 6.07) is 11.3. The van der Waals surface area contributed by atoms with E-state index >= 15 is 0 Å². The van der Waals surface area contributed by atoms with Crippen LogP contribution in [0.25, 0.3) is 11.1 Å². The maximum atomic E-state index is 13.2. The maximum Gasteiger partial charge on any atom is 0.319 e. The molecule has 6 nitrogen and oxygen atoms in total. The number of thiazole rings is 1. The summed E-state index contributed by atoms with van der Waals surface area (Å²) < 4.78 is 18.8. The zero-order valence-electron chi connectivity index (χ0n) is 17.8. The molecule has 0 unspecified atom stereocenters. The van der Waals surface area contributed by atoms with Crippen LogP contribution in [0.2, 0.25) is 0 Å². The number of hydrogen-bond donors (Lipinski definition) is 2. The number of nitrogens with zero attached hydrogens (tertiary/aromatic N) is 1. The zero-order valence-corrected chi connectivity index (χ0v) is 19.5. The highest BCUT2D eigenvalue weighted by molar-refractivity contribution is 8.02. The standard InChI is InChI=1S/C23H23FN2O4S2/c1-23(2,21(28)29)32-22-26-17(13-31-22)10-11-30-19-9-6-15(12-18(19)20(27)25-3)14-4-7-16(24)8-5-14/h4-9,12-13H,10-11H2,1-3H3,(H,25,27)(H,28,29). The molecule has 0 aliphatic heterocycles. The molecular formula is C23H23FN2O4S2. The largest absolute Gasteiger partial charge is 0.492 e. The van der Waals surface area contributed by atoms with Crippen molar-refractivity contribution in [3.8, 4) is 16.9 Å². The zero-order chi connectivity index (χ0) is 23.3. The molecule has 0 saturated heterocycles. The van der Waals surface area contributed by atoms with Crippen LogP contribution in [-0.4, -0.2) is 40.4 Å². The number of benzene rings is 2. The lowest BCUT2D eigenvalue weighted by atomic mass is 10.0. The van der Waals surface area contributed by atoms with Gasteiger partial charge in [-0.15, -0.1) is 11.3 Å². The number of ether oxygens (including phenoxy) is 1. The molecule has 168 valence electrons. The van der Waals surface area contributed by atoms with E-state index in [1.807, 2.05) is 11.4 Å². The highest BCUT2D eigenvalue weighted by Crippen LogP contribution is 2.35. The molecule has 1 amide bonds. The number of thioether (sulfide) groups is 1. The number of carboxylic acids is 1. The summed E-state index contributed by atoms with van der Waals surface area (Å²) in [5, 5.41) is 13.7. The lowest BCUT2D eigenvalue weighted by Gasteiger charge is -2.15. The fourth-order valence-electron chi connectivity index (χ4n) is 2.77. The van der Waals surface area contributed by atoms with Crippen LogP contribution < -0.4 is 10.1 Å². The van der Waals surface area contributed by atoms with Crippen LogP contribution >= 0.6 is 23.1 Å². The fourth-order valence-corrected chi connectivity index (χ4v) is 4.99. The van der Waals surface area contributed by atoms with Crippen LogP contribution in [-0.2, 0) is 11.2 Å². The molecule has 2 N–H and O–H groups in total. The van der Waals surface area contributed by atoms with Crippen molar-refractivity contribution in [2.75, 3.05) is 13.7 Å². The first-order valence-corrected chi connectivity index (χ1v) is 11.5. The van der Waals surface area contributed by atoms with Crippen molar-refractivity contribution in [1.29, 1.82) is 0 Å². The second-order valence-electron chi connectivity index (χ2n) is 7.42. The van der Waals surface area contributed by atoms with Crippen molar-refractivity contribution in [2.45, 2.75) is 29.4 Å².